The molecule has 0 saturated carbocycles. The van der Waals surface area contributed by atoms with Gasteiger partial charge in [0.15, 0.2) is 0 Å². The number of benzene rings is 1. The van der Waals surface area contributed by atoms with E-state index in [-0.39, 0.29) is 17.5 Å². The third-order valence-corrected chi connectivity index (χ3v) is 3.22. The van der Waals surface area contributed by atoms with Crippen LogP contribution in [0.1, 0.15) is 13.3 Å². The first-order chi connectivity index (χ1) is 7.54. The summed E-state index contributed by atoms with van der Waals surface area (Å²) in [5.41, 5.74) is -0.227. The first-order valence-corrected chi connectivity index (χ1v) is 5.64. The number of thioether (sulfide) groups is 1. The molecule has 1 aromatic carbocycles. The maximum absolute atomic E-state index is 12.8. The van der Waals surface area contributed by atoms with Crippen molar-refractivity contribution in [2.75, 3.05) is 6.61 Å². The normalized spacial score (nSPS) is 12.4. The van der Waals surface area contributed by atoms with Crippen molar-refractivity contribution in [3.05, 3.63) is 34.1 Å². The molecule has 0 aliphatic heterocycles. The summed E-state index contributed by atoms with van der Waals surface area (Å²) in [7, 11) is 0. The Morgan fingerprint density at radius 2 is 2.31 bits per heavy atom. The third kappa shape index (κ3) is 3.46. The first-order valence-electron chi connectivity index (χ1n) is 4.76. The van der Waals surface area contributed by atoms with E-state index in [1.165, 1.54) is 23.9 Å². The molecule has 1 rings (SSSR count). The summed E-state index contributed by atoms with van der Waals surface area (Å²) in [6.45, 7) is 1.89. The molecule has 1 unspecified atom stereocenters. The van der Waals surface area contributed by atoms with Crippen LogP contribution in [0, 0.1) is 15.9 Å². The summed E-state index contributed by atoms with van der Waals surface area (Å²) >= 11 is 1.26. The Bertz CT molecular complexity index is 386. The monoisotopic (exact) mass is 245 g/mol. The Hall–Kier alpha value is -1.14. The van der Waals surface area contributed by atoms with Gasteiger partial charge in [0.25, 0.3) is 5.69 Å². The molecule has 1 N–H and O–H groups in total. The van der Waals surface area contributed by atoms with Crippen molar-refractivity contribution in [3.63, 3.8) is 0 Å². The second kappa shape index (κ2) is 5.81. The van der Waals surface area contributed by atoms with Crippen LogP contribution in [0.2, 0.25) is 0 Å². The Labute approximate surface area is 96.6 Å². The molecule has 0 amide bonds. The predicted octanol–water partition coefficient (Wildman–Crippen LogP) is 2.60. The van der Waals surface area contributed by atoms with Gasteiger partial charge >= 0.3 is 0 Å². The molecular formula is C10H12FNO3S. The van der Waals surface area contributed by atoms with E-state index in [2.05, 4.69) is 0 Å². The van der Waals surface area contributed by atoms with E-state index in [1.807, 2.05) is 6.92 Å². The summed E-state index contributed by atoms with van der Waals surface area (Å²) in [5, 5.41) is 19.5. The van der Waals surface area contributed by atoms with Crippen molar-refractivity contribution in [2.45, 2.75) is 23.5 Å². The molecule has 16 heavy (non-hydrogen) atoms. The quantitative estimate of drug-likeness (QED) is 0.492. The van der Waals surface area contributed by atoms with Gasteiger partial charge in [-0.15, -0.1) is 11.8 Å². The SMILES string of the molecule is CC(CCO)Sc1ccc(F)cc1[N+](=O)[O-]. The second-order valence-electron chi connectivity index (χ2n) is 3.31. The zero-order valence-electron chi connectivity index (χ0n) is 8.72. The minimum atomic E-state index is -0.620. The smallest absolute Gasteiger partial charge is 0.285 e. The van der Waals surface area contributed by atoms with Gasteiger partial charge < -0.3 is 5.11 Å². The van der Waals surface area contributed by atoms with E-state index in [1.54, 1.807) is 0 Å². The summed E-state index contributed by atoms with van der Waals surface area (Å²) in [4.78, 5) is 10.5. The van der Waals surface area contributed by atoms with Crippen LogP contribution < -0.4 is 0 Å². The van der Waals surface area contributed by atoms with E-state index in [0.29, 0.717) is 11.3 Å². The van der Waals surface area contributed by atoms with Crippen LogP contribution in [-0.4, -0.2) is 21.9 Å². The lowest BCUT2D eigenvalue weighted by atomic mass is 10.3. The van der Waals surface area contributed by atoms with Gasteiger partial charge in [0.1, 0.15) is 5.82 Å². The number of nitrogens with zero attached hydrogens (tertiary/aromatic N) is 1. The number of nitro groups is 1. The van der Waals surface area contributed by atoms with Gasteiger partial charge in [-0.2, -0.15) is 0 Å². The Kier molecular flexibility index (Phi) is 4.70. The zero-order chi connectivity index (χ0) is 12.1. The summed E-state index contributed by atoms with van der Waals surface area (Å²) in [6, 6.07) is 3.50. The third-order valence-electron chi connectivity index (χ3n) is 1.98. The summed E-state index contributed by atoms with van der Waals surface area (Å²) in [6.07, 6.45) is 0.541. The highest BCUT2D eigenvalue weighted by molar-refractivity contribution is 8.00. The lowest BCUT2D eigenvalue weighted by Crippen LogP contribution is -2.00. The zero-order valence-corrected chi connectivity index (χ0v) is 9.54. The highest BCUT2D eigenvalue weighted by Gasteiger charge is 2.17. The van der Waals surface area contributed by atoms with Crippen molar-refractivity contribution in [1.82, 2.24) is 0 Å². The maximum Gasteiger partial charge on any atom is 0.285 e. The highest BCUT2D eigenvalue weighted by atomic mass is 32.2. The summed E-state index contributed by atoms with van der Waals surface area (Å²) < 4.78 is 12.8. The number of hydrogen-bond acceptors (Lipinski definition) is 4. The van der Waals surface area contributed by atoms with Crippen LogP contribution in [0.5, 0.6) is 0 Å². The van der Waals surface area contributed by atoms with Gasteiger partial charge in [0, 0.05) is 11.9 Å². The number of aliphatic hydroxyl groups excluding tert-OH is 1. The van der Waals surface area contributed by atoms with Crippen molar-refractivity contribution >= 4 is 17.4 Å². The molecule has 0 aliphatic carbocycles. The Morgan fingerprint density at radius 3 is 2.88 bits per heavy atom. The lowest BCUT2D eigenvalue weighted by molar-refractivity contribution is -0.387. The largest absolute Gasteiger partial charge is 0.396 e. The molecular weight excluding hydrogens is 233 g/mol. The van der Waals surface area contributed by atoms with Crippen LogP contribution >= 0.6 is 11.8 Å². The molecule has 0 aromatic heterocycles. The summed E-state index contributed by atoms with van der Waals surface area (Å²) in [5.74, 6) is -0.620. The van der Waals surface area contributed by atoms with E-state index >= 15 is 0 Å². The van der Waals surface area contributed by atoms with Crippen molar-refractivity contribution in [1.29, 1.82) is 0 Å². The highest BCUT2D eigenvalue weighted by Crippen LogP contribution is 2.33. The molecule has 88 valence electrons. The van der Waals surface area contributed by atoms with E-state index < -0.39 is 10.7 Å². The second-order valence-corrected chi connectivity index (χ2v) is 4.79. The standard InChI is InChI=1S/C10H12FNO3S/c1-7(4-5-13)16-10-3-2-8(11)6-9(10)12(14)15/h2-3,6-7,13H,4-5H2,1H3. The minimum Gasteiger partial charge on any atom is -0.396 e. The molecule has 6 heteroatoms. The lowest BCUT2D eigenvalue weighted by Gasteiger charge is -2.09. The fraction of sp³-hybridized carbons (Fsp3) is 0.400. The average molecular weight is 245 g/mol. The van der Waals surface area contributed by atoms with Crippen molar-refractivity contribution in [2.24, 2.45) is 0 Å². The van der Waals surface area contributed by atoms with Crippen LogP contribution in [-0.2, 0) is 0 Å². The first kappa shape index (κ1) is 12.9. The molecule has 0 spiro atoms. The molecule has 0 saturated heterocycles. The van der Waals surface area contributed by atoms with Crippen molar-refractivity contribution in [3.8, 4) is 0 Å². The average Bonchev–Trinajstić information content (AvgIpc) is 2.20. The van der Waals surface area contributed by atoms with Gasteiger partial charge in [-0.1, -0.05) is 6.92 Å². The predicted molar refractivity (Wildman–Crippen MR) is 60.1 cm³/mol. The molecule has 4 nitrogen and oxygen atoms in total. The van der Waals surface area contributed by atoms with Gasteiger partial charge in [-0.3, -0.25) is 10.1 Å². The Balaban J connectivity index is 2.90. The van der Waals surface area contributed by atoms with Gasteiger partial charge in [-0.05, 0) is 18.6 Å². The van der Waals surface area contributed by atoms with E-state index in [9.17, 15) is 14.5 Å². The molecule has 0 bridgehead atoms. The Morgan fingerprint density at radius 1 is 1.62 bits per heavy atom. The number of nitro benzene ring substituents is 1. The maximum atomic E-state index is 12.8. The van der Waals surface area contributed by atoms with Crippen molar-refractivity contribution < 1.29 is 14.4 Å². The van der Waals surface area contributed by atoms with Crippen LogP contribution in [0.4, 0.5) is 10.1 Å². The molecule has 0 radical (unpaired) electrons. The number of aliphatic hydroxyl groups is 1. The van der Waals surface area contributed by atoms with Crippen LogP contribution in [0.15, 0.2) is 23.1 Å². The van der Waals surface area contributed by atoms with Gasteiger partial charge in [0.2, 0.25) is 0 Å². The molecule has 0 heterocycles. The fourth-order valence-electron chi connectivity index (χ4n) is 1.19. The molecule has 0 fully saturated rings. The minimum absolute atomic E-state index is 0.0309. The van der Waals surface area contributed by atoms with Crippen LogP contribution in [0.3, 0.4) is 0 Å². The fourth-order valence-corrected chi connectivity index (χ4v) is 2.25. The van der Waals surface area contributed by atoms with E-state index in [4.69, 9.17) is 5.11 Å². The van der Waals surface area contributed by atoms with Gasteiger partial charge in [-0.25, -0.2) is 4.39 Å². The van der Waals surface area contributed by atoms with Crippen LogP contribution in [0.25, 0.3) is 0 Å². The molecule has 0 aliphatic rings. The molecule has 1 aromatic rings. The topological polar surface area (TPSA) is 63.4 Å². The van der Waals surface area contributed by atoms with E-state index in [0.717, 1.165) is 6.07 Å². The number of halogens is 1. The number of hydrogen-bond donors (Lipinski definition) is 1. The molecule has 1 atom stereocenters. The van der Waals surface area contributed by atoms with Gasteiger partial charge in [0.05, 0.1) is 15.9 Å². The number of rotatable bonds is 5.